The maximum atomic E-state index is 15.0. The first-order chi connectivity index (χ1) is 41.8. The van der Waals surface area contributed by atoms with Gasteiger partial charge in [-0.15, -0.1) is 0 Å². The summed E-state index contributed by atoms with van der Waals surface area (Å²) in [5.41, 5.74) is 1.35. The SMILES string of the molecule is Cc1cc(Cn2c(=O)n(Cc3cc(C)c(OP(=O)(Oc4ccccc4)Oc4ccccc4)c(C)c3)c(=O)n(Cc3cc(C)c(OP(=O)(Oc4ccccc4)Oc4ccccc4)c(C)c3)c2=O)cc(C)c1OP(=O)(Oc1ccccc1)Oc1ccccc1. The molecule has 0 spiro atoms. The van der Waals surface area contributed by atoms with Crippen molar-refractivity contribution in [1.82, 2.24) is 13.7 Å². The summed E-state index contributed by atoms with van der Waals surface area (Å²) in [5.74, 6) is 1.92. The van der Waals surface area contributed by atoms with Gasteiger partial charge >= 0.3 is 40.5 Å². The highest BCUT2D eigenvalue weighted by Gasteiger charge is 2.37. The molecule has 9 aromatic carbocycles. The normalized spacial score (nSPS) is 11.5. The number of phosphoric ester groups is 3. The predicted molar refractivity (Wildman–Crippen MR) is 331 cm³/mol. The molecule has 0 aliphatic rings. The molecule has 0 atom stereocenters. The van der Waals surface area contributed by atoms with Crippen molar-refractivity contribution in [2.24, 2.45) is 0 Å². The van der Waals surface area contributed by atoms with Crippen LogP contribution >= 0.6 is 23.5 Å². The second kappa shape index (κ2) is 26.3. The molecule has 0 aliphatic carbocycles. The quantitative estimate of drug-likeness (QED) is 0.0517. The highest BCUT2D eigenvalue weighted by atomic mass is 31.2. The van der Waals surface area contributed by atoms with Crippen LogP contribution in [0.3, 0.4) is 0 Å². The van der Waals surface area contributed by atoms with Crippen LogP contribution in [0.2, 0.25) is 0 Å². The first kappa shape index (κ1) is 60.4. The zero-order valence-corrected chi connectivity index (χ0v) is 50.9. The average molecular weight is 1230 g/mol. The summed E-state index contributed by atoms with van der Waals surface area (Å²) in [4.78, 5) is 44.9. The van der Waals surface area contributed by atoms with Gasteiger partial charge in [-0.05, 0) is 164 Å². The van der Waals surface area contributed by atoms with E-state index in [2.05, 4.69) is 0 Å². The Hall–Kier alpha value is -9.72. The van der Waals surface area contributed by atoms with Gasteiger partial charge in [0.25, 0.3) is 0 Å². The third-order valence-electron chi connectivity index (χ3n) is 13.3. The third-order valence-corrected chi connectivity index (χ3v) is 17.2. The number of nitrogens with zero attached hydrogens (tertiary/aromatic N) is 3. The van der Waals surface area contributed by atoms with E-state index < -0.39 is 40.5 Å². The van der Waals surface area contributed by atoms with E-state index in [9.17, 15) is 28.1 Å². The van der Waals surface area contributed by atoms with Crippen LogP contribution in [0.15, 0.2) is 233 Å². The highest BCUT2D eigenvalue weighted by Crippen LogP contribution is 2.54. The Labute approximate surface area is 502 Å². The Morgan fingerprint density at radius 1 is 0.264 bits per heavy atom. The number of rotatable bonds is 24. The van der Waals surface area contributed by atoms with Gasteiger partial charge in [-0.1, -0.05) is 146 Å². The molecule has 0 saturated carbocycles. The van der Waals surface area contributed by atoms with Crippen LogP contribution in [0.1, 0.15) is 50.1 Å². The lowest BCUT2D eigenvalue weighted by atomic mass is 10.1. The van der Waals surface area contributed by atoms with Crippen molar-refractivity contribution < 1.29 is 54.4 Å². The summed E-state index contributed by atoms with van der Waals surface area (Å²) in [7, 11) is -13.3. The number of phosphoric acid groups is 3. The molecular formula is C66H60N3O15P3. The van der Waals surface area contributed by atoms with Crippen LogP contribution in [-0.4, -0.2) is 13.7 Å². The molecule has 0 N–H and O–H groups in total. The van der Waals surface area contributed by atoms with E-state index in [1.54, 1.807) is 260 Å². The summed E-state index contributed by atoms with van der Waals surface area (Å²) >= 11 is 0. The molecule has 87 heavy (non-hydrogen) atoms. The summed E-state index contributed by atoms with van der Waals surface area (Å²) < 4.78 is 101. The maximum Gasteiger partial charge on any atom is 0.647 e. The van der Waals surface area contributed by atoms with Crippen molar-refractivity contribution in [3.8, 4) is 51.7 Å². The molecular weight excluding hydrogens is 1170 g/mol. The summed E-state index contributed by atoms with van der Waals surface area (Å²) in [6.45, 7) is 9.26. The Bertz CT molecular complexity index is 3730. The minimum Gasteiger partial charge on any atom is -0.386 e. The predicted octanol–water partition coefficient (Wildman–Crippen LogP) is 15.1. The van der Waals surface area contributed by atoms with Gasteiger partial charge in [-0.25, -0.2) is 28.1 Å². The van der Waals surface area contributed by atoms with E-state index in [0.29, 0.717) is 50.1 Å². The van der Waals surface area contributed by atoms with Crippen molar-refractivity contribution in [3.05, 3.63) is 300 Å². The molecule has 0 radical (unpaired) electrons. The lowest BCUT2D eigenvalue weighted by molar-refractivity contribution is 0.295. The van der Waals surface area contributed by atoms with Gasteiger partial charge in [-0.3, -0.25) is 0 Å². The molecule has 1 heterocycles. The summed E-state index contributed by atoms with van der Waals surface area (Å²) in [6.07, 6.45) is 0. The van der Waals surface area contributed by atoms with E-state index in [0.717, 1.165) is 13.7 Å². The minimum absolute atomic E-state index is 0.171. The first-order valence-corrected chi connectivity index (χ1v) is 31.8. The van der Waals surface area contributed by atoms with Crippen LogP contribution in [0.25, 0.3) is 0 Å². The van der Waals surface area contributed by atoms with Gasteiger partial charge in [0, 0.05) is 0 Å². The van der Waals surface area contributed by atoms with Crippen LogP contribution in [0.4, 0.5) is 0 Å². The average Bonchev–Trinajstić information content (AvgIpc) is 2.17. The third kappa shape index (κ3) is 15.0. The number of benzene rings is 9. The molecule has 0 aliphatic heterocycles. The number of hydrogen-bond donors (Lipinski definition) is 0. The Morgan fingerprint density at radius 3 is 0.586 bits per heavy atom. The fourth-order valence-electron chi connectivity index (χ4n) is 9.63. The standard InChI is InChI=1S/C66H60N3O15P3/c1-46-37-52(38-47(2)61(46)82-85(73,76-55-25-13-7-14-26-55)77-56-27-15-8-16-28-56)43-67-64(70)68(44-53-39-48(3)62(49(4)40-53)83-86(74,78-57-29-17-9-18-30-57)79-58-31-19-10-20-32-58)66(72)69(65(67)71)45-54-41-50(5)63(51(6)42-54)84-87(75,80-59-33-21-11-22-34-59)81-60-35-23-12-24-36-60/h7-42H,43-45H2,1-6H3. The number of aromatic nitrogens is 3. The fraction of sp³-hybridized carbons (Fsp3) is 0.136. The summed E-state index contributed by atoms with van der Waals surface area (Å²) in [6, 6.07) is 60.7. The van der Waals surface area contributed by atoms with Crippen molar-refractivity contribution in [1.29, 1.82) is 0 Å². The van der Waals surface area contributed by atoms with Crippen LogP contribution in [0.5, 0.6) is 51.7 Å². The van der Waals surface area contributed by atoms with Gasteiger partial charge in [0.15, 0.2) is 0 Å². The van der Waals surface area contributed by atoms with E-state index in [4.69, 9.17) is 40.7 Å². The van der Waals surface area contributed by atoms with Crippen LogP contribution < -0.4 is 57.8 Å². The van der Waals surface area contributed by atoms with Gasteiger partial charge in [0.1, 0.15) is 51.7 Å². The zero-order valence-electron chi connectivity index (χ0n) is 48.2. The molecule has 0 unspecified atom stereocenters. The molecule has 10 rings (SSSR count). The molecule has 0 saturated heterocycles. The van der Waals surface area contributed by atoms with Crippen LogP contribution in [0, 0.1) is 41.5 Å². The van der Waals surface area contributed by atoms with E-state index >= 15 is 0 Å². The topological polar surface area (TPSA) is 200 Å². The monoisotopic (exact) mass is 1230 g/mol. The van der Waals surface area contributed by atoms with E-state index in [1.807, 2.05) is 0 Å². The lowest BCUT2D eigenvalue weighted by Gasteiger charge is -2.22. The zero-order chi connectivity index (χ0) is 61.3. The second-order valence-electron chi connectivity index (χ2n) is 20.3. The summed E-state index contributed by atoms with van der Waals surface area (Å²) in [5, 5.41) is 0. The van der Waals surface area contributed by atoms with Gasteiger partial charge in [0.05, 0.1) is 19.6 Å². The van der Waals surface area contributed by atoms with E-state index in [1.165, 1.54) is 0 Å². The van der Waals surface area contributed by atoms with Crippen molar-refractivity contribution in [2.45, 2.75) is 61.2 Å². The Kier molecular flexibility index (Phi) is 18.2. The number of hydrogen-bond acceptors (Lipinski definition) is 15. The van der Waals surface area contributed by atoms with Crippen molar-refractivity contribution in [3.63, 3.8) is 0 Å². The minimum atomic E-state index is -4.44. The first-order valence-electron chi connectivity index (χ1n) is 27.4. The number of aryl methyl sites for hydroxylation is 6. The van der Waals surface area contributed by atoms with Crippen molar-refractivity contribution >= 4 is 23.5 Å². The molecule has 0 bridgehead atoms. The van der Waals surface area contributed by atoms with Crippen molar-refractivity contribution in [2.75, 3.05) is 0 Å². The Morgan fingerprint density at radius 2 is 0.425 bits per heavy atom. The Balaban J connectivity index is 1.01. The molecule has 1 aromatic heterocycles. The fourth-order valence-corrected chi connectivity index (χ4v) is 13.8. The maximum absolute atomic E-state index is 15.0. The van der Waals surface area contributed by atoms with Crippen LogP contribution in [-0.2, 0) is 33.3 Å². The highest BCUT2D eigenvalue weighted by molar-refractivity contribution is 7.50. The molecule has 444 valence electrons. The number of para-hydroxylation sites is 6. The second-order valence-corrected chi connectivity index (χ2v) is 24.7. The van der Waals surface area contributed by atoms with Gasteiger partial charge < -0.3 is 40.7 Å². The smallest absolute Gasteiger partial charge is 0.386 e. The lowest BCUT2D eigenvalue weighted by Crippen LogP contribution is -2.54. The molecule has 18 nitrogen and oxygen atoms in total. The van der Waals surface area contributed by atoms with Gasteiger partial charge in [-0.2, -0.15) is 13.7 Å². The molecule has 10 aromatic rings. The van der Waals surface area contributed by atoms with Gasteiger partial charge in [0.2, 0.25) is 0 Å². The van der Waals surface area contributed by atoms with E-state index in [-0.39, 0.29) is 71.4 Å². The molecule has 0 fully saturated rings. The molecule has 21 heteroatoms. The molecule has 0 amide bonds. The largest absolute Gasteiger partial charge is 0.647 e.